The molecule has 0 aliphatic heterocycles. The van der Waals surface area contributed by atoms with Crippen molar-refractivity contribution in [2.45, 2.75) is 38.8 Å². The number of nitrogens with two attached hydrogens (primary N) is 1. The minimum Gasteiger partial charge on any atom is -0.497 e. The summed E-state index contributed by atoms with van der Waals surface area (Å²) in [6, 6.07) is 25.1. The van der Waals surface area contributed by atoms with Crippen molar-refractivity contribution in [1.29, 1.82) is 0 Å². The van der Waals surface area contributed by atoms with E-state index in [0.29, 0.717) is 0 Å². The first-order chi connectivity index (χ1) is 15.1. The molecule has 164 valence electrons. The maximum atomic E-state index is 5.82. The number of ether oxygens (including phenoxy) is 3. The van der Waals surface area contributed by atoms with Crippen molar-refractivity contribution >= 4 is 0 Å². The van der Waals surface area contributed by atoms with E-state index in [1.807, 2.05) is 38.1 Å². The molecule has 0 amide bonds. The Labute approximate surface area is 186 Å². The molecule has 0 bridgehead atoms. The number of para-hydroxylation sites is 1. The molecule has 0 aromatic heterocycles. The summed E-state index contributed by atoms with van der Waals surface area (Å²) in [5, 5.41) is 2.36. The molecule has 0 radical (unpaired) electrons. The zero-order chi connectivity index (χ0) is 22.1. The van der Waals surface area contributed by atoms with Gasteiger partial charge in [-0.25, -0.2) is 0 Å². The quantitative estimate of drug-likeness (QED) is 0.454. The second-order valence-corrected chi connectivity index (χ2v) is 7.95. The van der Waals surface area contributed by atoms with E-state index in [-0.39, 0.29) is 12.0 Å². The second-order valence-electron chi connectivity index (χ2n) is 7.95. The summed E-state index contributed by atoms with van der Waals surface area (Å²) in [5.74, 6) is 3.00. The lowest BCUT2D eigenvalue weighted by molar-refractivity contribution is -0.671. The number of rotatable bonds is 11. The van der Waals surface area contributed by atoms with E-state index in [9.17, 15) is 0 Å². The number of quaternary nitrogens is 1. The SMILES string of the molecule is COc1ccc(C[NH2+]CC[C@@H](c2ccc(OC(C)C)cc2)c2ccccc2OC)cc1. The Hall–Kier alpha value is -2.98. The molecule has 2 N–H and O–H groups in total. The summed E-state index contributed by atoms with van der Waals surface area (Å²) < 4.78 is 16.7. The molecular formula is C27H34NO3+. The molecular weight excluding hydrogens is 386 g/mol. The standard InChI is InChI=1S/C27H33NO3/c1-20(2)31-24-15-11-22(12-16-24)25(26-7-5-6-8-27(26)30-4)17-18-28-19-21-9-13-23(29-3)14-10-21/h5-16,20,25,28H,17-19H2,1-4H3/p+1/t25-/m0/s1. The van der Waals surface area contributed by atoms with Crippen LogP contribution in [0.15, 0.2) is 72.8 Å². The Bertz CT molecular complexity index is 920. The van der Waals surface area contributed by atoms with E-state index >= 15 is 0 Å². The molecule has 0 saturated heterocycles. The van der Waals surface area contributed by atoms with Gasteiger partial charge in [0.15, 0.2) is 0 Å². The van der Waals surface area contributed by atoms with Gasteiger partial charge in [-0.15, -0.1) is 0 Å². The first-order valence-corrected chi connectivity index (χ1v) is 10.9. The van der Waals surface area contributed by atoms with Crippen molar-refractivity contribution < 1.29 is 19.5 Å². The summed E-state index contributed by atoms with van der Waals surface area (Å²) in [5.41, 5.74) is 3.80. The lowest BCUT2D eigenvalue weighted by Crippen LogP contribution is -2.82. The lowest BCUT2D eigenvalue weighted by atomic mass is 9.88. The highest BCUT2D eigenvalue weighted by Crippen LogP contribution is 2.34. The predicted molar refractivity (Wildman–Crippen MR) is 125 cm³/mol. The van der Waals surface area contributed by atoms with Crippen molar-refractivity contribution in [2.75, 3.05) is 20.8 Å². The molecule has 1 atom stereocenters. The van der Waals surface area contributed by atoms with Crippen LogP contribution in [0.4, 0.5) is 0 Å². The highest BCUT2D eigenvalue weighted by molar-refractivity contribution is 5.43. The van der Waals surface area contributed by atoms with Crippen LogP contribution in [0.25, 0.3) is 0 Å². The van der Waals surface area contributed by atoms with Crippen LogP contribution in [0.5, 0.6) is 17.2 Å². The Balaban J connectivity index is 1.71. The summed E-state index contributed by atoms with van der Waals surface area (Å²) >= 11 is 0. The van der Waals surface area contributed by atoms with Gasteiger partial charge >= 0.3 is 0 Å². The van der Waals surface area contributed by atoms with Crippen molar-refractivity contribution in [3.05, 3.63) is 89.5 Å². The maximum absolute atomic E-state index is 5.82. The van der Waals surface area contributed by atoms with Gasteiger partial charge in [0.1, 0.15) is 23.8 Å². The fourth-order valence-electron chi connectivity index (χ4n) is 3.82. The third-order valence-electron chi connectivity index (χ3n) is 5.37. The smallest absolute Gasteiger partial charge is 0.122 e. The van der Waals surface area contributed by atoms with Crippen LogP contribution in [-0.2, 0) is 6.54 Å². The minimum absolute atomic E-state index is 0.170. The first kappa shape index (κ1) is 22.7. The van der Waals surface area contributed by atoms with Crippen molar-refractivity contribution in [1.82, 2.24) is 0 Å². The van der Waals surface area contributed by atoms with Gasteiger partial charge in [0.25, 0.3) is 0 Å². The van der Waals surface area contributed by atoms with E-state index in [2.05, 4.69) is 53.8 Å². The first-order valence-electron chi connectivity index (χ1n) is 10.9. The highest BCUT2D eigenvalue weighted by atomic mass is 16.5. The van der Waals surface area contributed by atoms with Crippen LogP contribution >= 0.6 is 0 Å². The zero-order valence-corrected chi connectivity index (χ0v) is 19.0. The number of hydrogen-bond donors (Lipinski definition) is 1. The van der Waals surface area contributed by atoms with Gasteiger partial charge in [-0.05, 0) is 61.9 Å². The van der Waals surface area contributed by atoms with Crippen molar-refractivity contribution in [3.8, 4) is 17.2 Å². The maximum Gasteiger partial charge on any atom is 0.122 e. The average molecular weight is 421 g/mol. The molecule has 0 saturated carbocycles. The topological polar surface area (TPSA) is 44.3 Å². The van der Waals surface area contributed by atoms with Gasteiger partial charge < -0.3 is 19.5 Å². The molecule has 3 aromatic carbocycles. The van der Waals surface area contributed by atoms with Gasteiger partial charge in [-0.1, -0.05) is 30.3 Å². The predicted octanol–water partition coefficient (Wildman–Crippen LogP) is 4.78. The van der Waals surface area contributed by atoms with Crippen LogP contribution < -0.4 is 19.5 Å². The summed E-state index contributed by atoms with van der Waals surface area (Å²) in [6.07, 6.45) is 1.18. The number of hydrogen-bond acceptors (Lipinski definition) is 3. The second kappa shape index (κ2) is 11.4. The summed E-state index contributed by atoms with van der Waals surface area (Å²) in [4.78, 5) is 0. The molecule has 0 spiro atoms. The molecule has 0 aliphatic carbocycles. The van der Waals surface area contributed by atoms with E-state index in [1.165, 1.54) is 16.7 Å². The fourth-order valence-corrected chi connectivity index (χ4v) is 3.82. The molecule has 4 heteroatoms. The molecule has 0 fully saturated rings. The molecule has 3 aromatic rings. The van der Waals surface area contributed by atoms with Gasteiger partial charge in [-0.2, -0.15) is 0 Å². The normalized spacial score (nSPS) is 11.9. The van der Waals surface area contributed by atoms with Gasteiger partial charge in [-0.3, -0.25) is 0 Å². The Morgan fingerprint density at radius 1 is 0.774 bits per heavy atom. The van der Waals surface area contributed by atoms with Crippen LogP contribution in [0, 0.1) is 0 Å². The lowest BCUT2D eigenvalue weighted by Gasteiger charge is -2.20. The van der Waals surface area contributed by atoms with Gasteiger partial charge in [0, 0.05) is 23.5 Å². The third kappa shape index (κ3) is 6.50. The molecule has 4 nitrogen and oxygen atoms in total. The fraction of sp³-hybridized carbons (Fsp3) is 0.333. The van der Waals surface area contributed by atoms with Gasteiger partial charge in [0.05, 0.1) is 26.9 Å². The van der Waals surface area contributed by atoms with E-state index in [1.54, 1.807) is 14.2 Å². The van der Waals surface area contributed by atoms with Crippen molar-refractivity contribution in [2.24, 2.45) is 0 Å². The van der Waals surface area contributed by atoms with E-state index < -0.39 is 0 Å². The van der Waals surface area contributed by atoms with Crippen LogP contribution in [0.3, 0.4) is 0 Å². The number of methoxy groups -OCH3 is 2. The highest BCUT2D eigenvalue weighted by Gasteiger charge is 2.19. The Morgan fingerprint density at radius 2 is 1.45 bits per heavy atom. The van der Waals surface area contributed by atoms with E-state index in [4.69, 9.17) is 14.2 Å². The number of benzene rings is 3. The zero-order valence-electron chi connectivity index (χ0n) is 19.0. The Morgan fingerprint density at radius 3 is 2.10 bits per heavy atom. The molecule has 0 unspecified atom stereocenters. The van der Waals surface area contributed by atoms with Crippen LogP contribution in [0.1, 0.15) is 42.9 Å². The van der Waals surface area contributed by atoms with E-state index in [0.717, 1.165) is 36.8 Å². The largest absolute Gasteiger partial charge is 0.497 e. The third-order valence-corrected chi connectivity index (χ3v) is 5.37. The summed E-state index contributed by atoms with van der Waals surface area (Å²) in [7, 11) is 3.44. The van der Waals surface area contributed by atoms with Crippen LogP contribution in [-0.4, -0.2) is 26.9 Å². The molecule has 3 rings (SSSR count). The molecule has 0 aliphatic rings. The molecule has 0 heterocycles. The monoisotopic (exact) mass is 420 g/mol. The minimum atomic E-state index is 0.170. The average Bonchev–Trinajstić information content (AvgIpc) is 2.80. The molecule has 31 heavy (non-hydrogen) atoms. The Kier molecular flexibility index (Phi) is 8.36. The van der Waals surface area contributed by atoms with Gasteiger partial charge in [0.2, 0.25) is 0 Å². The van der Waals surface area contributed by atoms with Crippen molar-refractivity contribution in [3.63, 3.8) is 0 Å². The van der Waals surface area contributed by atoms with Crippen LogP contribution in [0.2, 0.25) is 0 Å². The summed E-state index contributed by atoms with van der Waals surface area (Å²) in [6.45, 7) is 6.05.